The average molecular weight is 354 g/mol. The van der Waals surface area contributed by atoms with Gasteiger partial charge in [-0.3, -0.25) is 4.79 Å². The van der Waals surface area contributed by atoms with Crippen LogP contribution in [0, 0.1) is 0 Å². The van der Waals surface area contributed by atoms with Crippen LogP contribution in [0.15, 0.2) is 42.5 Å². The minimum absolute atomic E-state index is 0.274. The van der Waals surface area contributed by atoms with Crippen LogP contribution < -0.4 is 10.1 Å². The van der Waals surface area contributed by atoms with Crippen molar-refractivity contribution in [1.82, 2.24) is 0 Å². The second kappa shape index (κ2) is 8.77. The summed E-state index contributed by atoms with van der Waals surface area (Å²) in [6, 6.07) is 11.8. The summed E-state index contributed by atoms with van der Waals surface area (Å²) in [6.45, 7) is 3.51. The highest BCUT2D eigenvalue weighted by atomic mass is 35.5. The molecule has 2 rings (SSSR count). The van der Waals surface area contributed by atoms with E-state index in [0.29, 0.717) is 46.9 Å². The number of amides is 1. The summed E-state index contributed by atoms with van der Waals surface area (Å²) in [5, 5.41) is 3.64. The number of nitrogens with one attached hydrogen (secondary N) is 1. The molecule has 0 atom stereocenters. The molecule has 23 heavy (non-hydrogen) atoms. The van der Waals surface area contributed by atoms with Crippen LogP contribution in [0.2, 0.25) is 10.0 Å². The van der Waals surface area contributed by atoms with Crippen LogP contribution in [0.4, 0.5) is 5.69 Å². The molecule has 2 aromatic carbocycles. The fraction of sp³-hybridized carbons (Fsp3) is 0.235. The molecule has 0 heterocycles. The molecule has 122 valence electrons. The van der Waals surface area contributed by atoms with Crippen molar-refractivity contribution in [2.24, 2.45) is 0 Å². The van der Waals surface area contributed by atoms with E-state index in [4.69, 9.17) is 32.7 Å². The van der Waals surface area contributed by atoms with E-state index >= 15 is 0 Å². The predicted octanol–water partition coefficient (Wildman–Crippen LogP) is 4.66. The SMILES string of the molecule is CCOCCOc1cccc(C(=O)Nc2ccc(Cl)cc2Cl)c1. The Hall–Kier alpha value is -1.75. The van der Waals surface area contributed by atoms with E-state index in [0.717, 1.165) is 0 Å². The highest BCUT2D eigenvalue weighted by Gasteiger charge is 2.10. The van der Waals surface area contributed by atoms with Crippen molar-refractivity contribution in [2.75, 3.05) is 25.1 Å². The summed E-state index contributed by atoms with van der Waals surface area (Å²) in [7, 11) is 0. The zero-order chi connectivity index (χ0) is 16.7. The molecule has 1 N–H and O–H groups in total. The Morgan fingerprint density at radius 3 is 2.70 bits per heavy atom. The van der Waals surface area contributed by atoms with E-state index in [2.05, 4.69) is 5.32 Å². The van der Waals surface area contributed by atoms with Crippen LogP contribution in [0.5, 0.6) is 5.75 Å². The van der Waals surface area contributed by atoms with Gasteiger partial charge >= 0.3 is 0 Å². The van der Waals surface area contributed by atoms with Gasteiger partial charge in [0.25, 0.3) is 5.91 Å². The largest absolute Gasteiger partial charge is 0.491 e. The fourth-order valence-corrected chi connectivity index (χ4v) is 2.33. The van der Waals surface area contributed by atoms with Crippen molar-refractivity contribution < 1.29 is 14.3 Å². The molecular weight excluding hydrogens is 337 g/mol. The zero-order valence-electron chi connectivity index (χ0n) is 12.6. The molecule has 0 unspecified atom stereocenters. The molecular formula is C17H17Cl2NO3. The fourth-order valence-electron chi connectivity index (χ4n) is 1.88. The van der Waals surface area contributed by atoms with Gasteiger partial charge < -0.3 is 14.8 Å². The lowest BCUT2D eigenvalue weighted by Gasteiger charge is -2.10. The monoisotopic (exact) mass is 353 g/mol. The summed E-state index contributed by atoms with van der Waals surface area (Å²) in [5.41, 5.74) is 0.980. The van der Waals surface area contributed by atoms with Gasteiger partial charge in [-0.1, -0.05) is 29.3 Å². The Kier molecular flexibility index (Phi) is 6.71. The van der Waals surface area contributed by atoms with Gasteiger partial charge in [-0.25, -0.2) is 0 Å². The molecule has 0 aliphatic heterocycles. The van der Waals surface area contributed by atoms with Crippen LogP contribution in [0.1, 0.15) is 17.3 Å². The standard InChI is InChI=1S/C17H17Cl2NO3/c1-2-22-8-9-23-14-5-3-4-12(10-14)17(21)20-16-7-6-13(18)11-15(16)19/h3-7,10-11H,2,8-9H2,1H3,(H,20,21). The van der Waals surface area contributed by atoms with Gasteiger partial charge in [0.05, 0.1) is 17.3 Å². The van der Waals surface area contributed by atoms with Gasteiger partial charge in [0, 0.05) is 17.2 Å². The number of rotatable bonds is 7. The normalized spacial score (nSPS) is 10.4. The van der Waals surface area contributed by atoms with Crippen LogP contribution in [-0.2, 0) is 4.74 Å². The molecule has 0 aliphatic rings. The third-order valence-electron chi connectivity index (χ3n) is 2.98. The zero-order valence-corrected chi connectivity index (χ0v) is 14.2. The van der Waals surface area contributed by atoms with Gasteiger partial charge in [-0.05, 0) is 43.3 Å². The van der Waals surface area contributed by atoms with Crippen molar-refractivity contribution in [1.29, 1.82) is 0 Å². The molecule has 1 amide bonds. The Balaban J connectivity index is 2.01. The quantitative estimate of drug-likeness (QED) is 0.736. The van der Waals surface area contributed by atoms with E-state index in [1.807, 2.05) is 6.92 Å². The lowest BCUT2D eigenvalue weighted by Crippen LogP contribution is -2.12. The first-order valence-electron chi connectivity index (χ1n) is 7.17. The maximum Gasteiger partial charge on any atom is 0.255 e. The Morgan fingerprint density at radius 2 is 1.96 bits per heavy atom. The van der Waals surface area contributed by atoms with Gasteiger partial charge in [0.2, 0.25) is 0 Å². The third kappa shape index (κ3) is 5.43. The molecule has 0 radical (unpaired) electrons. The Labute approximate surface area is 145 Å². The molecule has 0 saturated carbocycles. The topological polar surface area (TPSA) is 47.6 Å². The predicted molar refractivity (Wildman–Crippen MR) is 92.8 cm³/mol. The van der Waals surface area contributed by atoms with Gasteiger partial charge in [-0.15, -0.1) is 0 Å². The molecule has 0 spiro atoms. The third-order valence-corrected chi connectivity index (χ3v) is 3.52. The highest BCUT2D eigenvalue weighted by molar-refractivity contribution is 6.36. The number of anilines is 1. The summed E-state index contributed by atoms with van der Waals surface area (Å²) >= 11 is 11.9. The first-order chi connectivity index (χ1) is 11.1. The van der Waals surface area contributed by atoms with Crippen molar-refractivity contribution in [3.05, 3.63) is 58.1 Å². The first kappa shape index (κ1) is 17.6. The number of hydrogen-bond acceptors (Lipinski definition) is 3. The molecule has 0 aromatic heterocycles. The average Bonchev–Trinajstić information content (AvgIpc) is 2.54. The van der Waals surface area contributed by atoms with Crippen LogP contribution in [0.25, 0.3) is 0 Å². The van der Waals surface area contributed by atoms with Crippen LogP contribution >= 0.6 is 23.2 Å². The molecule has 0 aliphatic carbocycles. The minimum atomic E-state index is -0.274. The second-order valence-electron chi connectivity index (χ2n) is 4.65. The maximum atomic E-state index is 12.3. The van der Waals surface area contributed by atoms with Crippen LogP contribution in [0.3, 0.4) is 0 Å². The number of carbonyl (C=O) groups is 1. The van der Waals surface area contributed by atoms with Crippen molar-refractivity contribution >= 4 is 34.8 Å². The molecule has 0 bridgehead atoms. The van der Waals surface area contributed by atoms with E-state index in [-0.39, 0.29) is 5.91 Å². The number of halogens is 2. The number of hydrogen-bond donors (Lipinski definition) is 1. The smallest absolute Gasteiger partial charge is 0.255 e. The minimum Gasteiger partial charge on any atom is -0.491 e. The van der Waals surface area contributed by atoms with Gasteiger partial charge in [0.1, 0.15) is 12.4 Å². The van der Waals surface area contributed by atoms with Crippen molar-refractivity contribution in [3.8, 4) is 5.75 Å². The lowest BCUT2D eigenvalue weighted by atomic mass is 10.2. The molecule has 4 nitrogen and oxygen atoms in total. The summed E-state index contributed by atoms with van der Waals surface area (Å²) in [4.78, 5) is 12.3. The number of carbonyl (C=O) groups excluding carboxylic acids is 1. The lowest BCUT2D eigenvalue weighted by molar-refractivity contribution is 0.102. The van der Waals surface area contributed by atoms with Crippen molar-refractivity contribution in [3.63, 3.8) is 0 Å². The first-order valence-corrected chi connectivity index (χ1v) is 7.92. The van der Waals surface area contributed by atoms with Gasteiger partial charge in [-0.2, -0.15) is 0 Å². The van der Waals surface area contributed by atoms with Crippen LogP contribution in [-0.4, -0.2) is 25.7 Å². The van der Waals surface area contributed by atoms with E-state index in [9.17, 15) is 4.79 Å². The highest BCUT2D eigenvalue weighted by Crippen LogP contribution is 2.26. The molecule has 0 saturated heterocycles. The van der Waals surface area contributed by atoms with Gasteiger partial charge in [0.15, 0.2) is 0 Å². The summed E-state index contributed by atoms with van der Waals surface area (Å²) in [6.07, 6.45) is 0. The van der Waals surface area contributed by atoms with E-state index in [1.54, 1.807) is 42.5 Å². The van der Waals surface area contributed by atoms with E-state index in [1.165, 1.54) is 0 Å². The van der Waals surface area contributed by atoms with Crippen molar-refractivity contribution in [2.45, 2.75) is 6.92 Å². The second-order valence-corrected chi connectivity index (χ2v) is 5.50. The number of benzene rings is 2. The summed E-state index contributed by atoms with van der Waals surface area (Å²) in [5.74, 6) is 0.337. The maximum absolute atomic E-state index is 12.3. The summed E-state index contributed by atoms with van der Waals surface area (Å²) < 4.78 is 10.7. The number of ether oxygens (including phenoxy) is 2. The van der Waals surface area contributed by atoms with E-state index < -0.39 is 0 Å². The molecule has 2 aromatic rings. The molecule has 6 heteroatoms. The Bertz CT molecular complexity index is 677. The molecule has 0 fully saturated rings. The Morgan fingerprint density at radius 1 is 1.13 bits per heavy atom.